The van der Waals surface area contributed by atoms with Gasteiger partial charge in [-0.25, -0.2) is 13.2 Å². The van der Waals surface area contributed by atoms with Gasteiger partial charge >= 0.3 is 0 Å². The summed E-state index contributed by atoms with van der Waals surface area (Å²) in [6.45, 7) is 0.945. The van der Waals surface area contributed by atoms with E-state index in [1.807, 2.05) is 0 Å². The van der Waals surface area contributed by atoms with E-state index in [9.17, 15) is 22.8 Å². The molecule has 5 nitrogen and oxygen atoms in total. The maximum Gasteiger partial charge on any atom is 0.224 e. The molecule has 2 amide bonds. The molecule has 8 heteroatoms. The third-order valence-electron chi connectivity index (χ3n) is 6.60. The average Bonchev–Trinajstić information content (AvgIpc) is 3.30. The summed E-state index contributed by atoms with van der Waals surface area (Å²) >= 11 is 0. The van der Waals surface area contributed by atoms with Crippen LogP contribution >= 0.6 is 0 Å². The minimum absolute atomic E-state index is 0.0384. The van der Waals surface area contributed by atoms with Gasteiger partial charge in [-0.1, -0.05) is 0 Å². The zero-order valence-corrected chi connectivity index (χ0v) is 17.2. The van der Waals surface area contributed by atoms with Crippen molar-refractivity contribution in [2.75, 3.05) is 13.1 Å². The summed E-state index contributed by atoms with van der Waals surface area (Å²) in [5.74, 6) is -2.41. The third kappa shape index (κ3) is 3.63. The van der Waals surface area contributed by atoms with E-state index in [0.29, 0.717) is 49.0 Å². The molecule has 1 aliphatic heterocycles. The van der Waals surface area contributed by atoms with E-state index in [0.717, 1.165) is 11.6 Å². The second kappa shape index (κ2) is 8.00. The van der Waals surface area contributed by atoms with Crippen molar-refractivity contribution in [1.82, 2.24) is 15.6 Å². The average molecular weight is 441 g/mol. The zero-order valence-electron chi connectivity index (χ0n) is 17.2. The smallest absolute Gasteiger partial charge is 0.224 e. The van der Waals surface area contributed by atoms with Gasteiger partial charge in [0, 0.05) is 30.5 Å². The number of aromatic nitrogens is 1. The largest absolute Gasteiger partial charge is 0.356 e. The lowest BCUT2D eigenvalue weighted by Crippen LogP contribution is -2.41. The molecule has 1 aromatic heterocycles. The molecule has 166 valence electrons. The second-order valence-electron chi connectivity index (χ2n) is 8.62. The van der Waals surface area contributed by atoms with Crippen molar-refractivity contribution < 1.29 is 22.8 Å². The number of carbonyl (C=O) groups is 2. The molecule has 2 heterocycles. The summed E-state index contributed by atoms with van der Waals surface area (Å²) in [6, 6.07) is 7.94. The third-order valence-corrected chi connectivity index (χ3v) is 6.60. The van der Waals surface area contributed by atoms with Gasteiger partial charge in [0.2, 0.25) is 11.8 Å². The Hall–Kier alpha value is -3.29. The van der Waals surface area contributed by atoms with E-state index in [-0.39, 0.29) is 40.9 Å². The number of rotatable bonds is 5. The normalized spacial score (nSPS) is 22.6. The predicted molar refractivity (Wildman–Crippen MR) is 113 cm³/mol. The van der Waals surface area contributed by atoms with Crippen LogP contribution in [0.4, 0.5) is 13.2 Å². The van der Waals surface area contributed by atoms with Crippen LogP contribution < -0.4 is 10.6 Å². The number of carbonyl (C=O) groups excluding carboxylic acids is 2. The van der Waals surface area contributed by atoms with E-state index in [1.54, 1.807) is 12.1 Å². The lowest BCUT2D eigenvalue weighted by Gasteiger charge is -2.35. The molecule has 5 rings (SSSR count). The van der Waals surface area contributed by atoms with Gasteiger partial charge in [0.25, 0.3) is 0 Å². The van der Waals surface area contributed by atoms with Gasteiger partial charge in [0.1, 0.15) is 17.5 Å². The first kappa shape index (κ1) is 20.6. The Morgan fingerprint density at radius 2 is 1.81 bits per heavy atom. The SMILES string of the molecule is O=C1NCCC1CNC(=O)C1CC(c2c(-c3ccc(F)cc3)[nH]c3c(F)cc(F)cc23)C1. The first-order valence-electron chi connectivity index (χ1n) is 10.7. The number of benzene rings is 2. The lowest BCUT2D eigenvalue weighted by atomic mass is 9.70. The molecule has 0 bridgehead atoms. The van der Waals surface area contributed by atoms with Crippen molar-refractivity contribution in [2.45, 2.75) is 25.2 Å². The fourth-order valence-electron chi connectivity index (χ4n) is 4.78. The van der Waals surface area contributed by atoms with E-state index in [4.69, 9.17) is 0 Å². The van der Waals surface area contributed by atoms with Crippen LogP contribution in [0.3, 0.4) is 0 Å². The molecular weight excluding hydrogens is 419 g/mol. The molecule has 2 fully saturated rings. The first-order chi connectivity index (χ1) is 15.4. The number of hydrogen-bond acceptors (Lipinski definition) is 2. The van der Waals surface area contributed by atoms with Gasteiger partial charge in [-0.2, -0.15) is 0 Å². The van der Waals surface area contributed by atoms with Gasteiger partial charge in [-0.05, 0) is 66.6 Å². The van der Waals surface area contributed by atoms with Gasteiger partial charge in [0.15, 0.2) is 0 Å². The van der Waals surface area contributed by atoms with Gasteiger partial charge in [0.05, 0.1) is 17.1 Å². The summed E-state index contributed by atoms with van der Waals surface area (Å²) in [5, 5.41) is 6.05. The van der Waals surface area contributed by atoms with Crippen molar-refractivity contribution in [1.29, 1.82) is 0 Å². The maximum atomic E-state index is 14.5. The van der Waals surface area contributed by atoms with Crippen LogP contribution in [0.1, 0.15) is 30.7 Å². The van der Waals surface area contributed by atoms with Gasteiger partial charge in [-0.15, -0.1) is 0 Å². The molecule has 1 saturated heterocycles. The van der Waals surface area contributed by atoms with E-state index in [1.165, 1.54) is 18.2 Å². The number of hydrogen-bond donors (Lipinski definition) is 3. The number of halogens is 3. The van der Waals surface area contributed by atoms with E-state index < -0.39 is 11.6 Å². The number of fused-ring (bicyclic) bond motifs is 1. The molecule has 32 heavy (non-hydrogen) atoms. The summed E-state index contributed by atoms with van der Waals surface area (Å²) in [5.41, 5.74) is 2.21. The molecule has 0 radical (unpaired) electrons. The highest BCUT2D eigenvalue weighted by molar-refractivity contribution is 5.92. The van der Waals surface area contributed by atoms with Crippen molar-refractivity contribution in [3.05, 3.63) is 59.4 Å². The standard InChI is InChI=1S/C24H22F3N3O2/c25-16-3-1-12(2-4-16)21-20(18-9-17(26)10-19(27)22(18)30-21)14-7-15(8-14)24(32)29-11-13-5-6-28-23(13)31/h1-4,9-10,13-15,30H,5-8,11H2,(H,28,31)(H,29,32). The highest BCUT2D eigenvalue weighted by atomic mass is 19.1. The Labute approximate surface area is 182 Å². The van der Waals surface area contributed by atoms with Crippen LogP contribution in [-0.4, -0.2) is 29.9 Å². The van der Waals surface area contributed by atoms with Crippen molar-refractivity contribution in [3.8, 4) is 11.3 Å². The number of H-pyrrole nitrogens is 1. The molecule has 1 atom stereocenters. The highest BCUT2D eigenvalue weighted by Gasteiger charge is 2.39. The molecule has 1 saturated carbocycles. The Kier molecular flexibility index (Phi) is 5.15. The van der Waals surface area contributed by atoms with Crippen LogP contribution in [0.15, 0.2) is 36.4 Å². The maximum absolute atomic E-state index is 14.5. The monoisotopic (exact) mass is 441 g/mol. The molecule has 2 aliphatic rings. The number of amides is 2. The van der Waals surface area contributed by atoms with Gasteiger partial charge < -0.3 is 15.6 Å². The topological polar surface area (TPSA) is 74.0 Å². The fourth-order valence-corrected chi connectivity index (χ4v) is 4.78. The molecule has 3 N–H and O–H groups in total. The van der Waals surface area contributed by atoms with Crippen LogP contribution in [0.25, 0.3) is 22.2 Å². The van der Waals surface area contributed by atoms with Crippen LogP contribution in [0, 0.1) is 29.3 Å². The van der Waals surface area contributed by atoms with Crippen molar-refractivity contribution in [3.63, 3.8) is 0 Å². The van der Waals surface area contributed by atoms with Crippen molar-refractivity contribution in [2.24, 2.45) is 11.8 Å². The summed E-state index contributed by atoms with van der Waals surface area (Å²) < 4.78 is 41.9. The Morgan fingerprint density at radius 1 is 1.06 bits per heavy atom. The molecule has 1 aliphatic carbocycles. The van der Waals surface area contributed by atoms with Crippen LogP contribution in [-0.2, 0) is 9.59 Å². The molecule has 3 aromatic rings. The first-order valence-corrected chi connectivity index (χ1v) is 10.7. The van der Waals surface area contributed by atoms with Gasteiger partial charge in [-0.3, -0.25) is 9.59 Å². The Bertz CT molecular complexity index is 1200. The molecule has 2 aromatic carbocycles. The molecule has 0 spiro atoms. The molecule has 1 unspecified atom stereocenters. The lowest BCUT2D eigenvalue weighted by molar-refractivity contribution is -0.128. The van der Waals surface area contributed by atoms with E-state index in [2.05, 4.69) is 15.6 Å². The second-order valence-corrected chi connectivity index (χ2v) is 8.62. The van der Waals surface area contributed by atoms with Crippen molar-refractivity contribution >= 4 is 22.7 Å². The minimum Gasteiger partial charge on any atom is -0.356 e. The predicted octanol–water partition coefficient (Wildman–Crippen LogP) is 4.00. The van der Waals surface area contributed by atoms with E-state index >= 15 is 0 Å². The fraction of sp³-hybridized carbons (Fsp3) is 0.333. The van der Waals surface area contributed by atoms with Crippen LogP contribution in [0.2, 0.25) is 0 Å². The summed E-state index contributed by atoms with van der Waals surface area (Å²) in [4.78, 5) is 27.3. The number of nitrogens with one attached hydrogen (secondary N) is 3. The Morgan fingerprint density at radius 3 is 2.50 bits per heavy atom. The number of aromatic amines is 1. The minimum atomic E-state index is -0.696. The summed E-state index contributed by atoms with van der Waals surface area (Å²) in [7, 11) is 0. The highest BCUT2D eigenvalue weighted by Crippen LogP contribution is 2.48. The quantitative estimate of drug-likeness (QED) is 0.560. The van der Waals surface area contributed by atoms with Crippen LogP contribution in [0.5, 0.6) is 0 Å². The Balaban J connectivity index is 1.39. The zero-order chi connectivity index (χ0) is 22.4. The molecular formula is C24H22F3N3O2. The summed E-state index contributed by atoms with van der Waals surface area (Å²) in [6.07, 6.45) is 1.77.